The van der Waals surface area contributed by atoms with Crippen molar-refractivity contribution in [3.63, 3.8) is 0 Å². The predicted octanol–water partition coefficient (Wildman–Crippen LogP) is 34.2. The Balaban J connectivity index is 0.000000105. The number of hydrogen-bond acceptors (Lipinski definition) is 8. The lowest BCUT2D eigenvalue weighted by Gasteiger charge is -2.24. The van der Waals surface area contributed by atoms with Crippen LogP contribution in [0.3, 0.4) is 0 Å². The maximum atomic E-state index is 6.62. The van der Waals surface area contributed by atoms with Crippen molar-refractivity contribution in [3.05, 3.63) is 463 Å². The summed E-state index contributed by atoms with van der Waals surface area (Å²) in [4.78, 5) is 31.7. The molecule has 8 aromatic heterocycles. The molecule has 0 radical (unpaired) electrons. The van der Waals surface area contributed by atoms with Gasteiger partial charge in [-0.05, 0) is 112 Å². The smallest absolute Gasteiger partial charge is 0.160 e. The minimum Gasteiger partial charge on any atom is -0.454 e. The summed E-state index contributed by atoms with van der Waals surface area (Å²) >= 11 is 1.88. The molecule has 0 saturated heterocycles. The lowest BCUT2D eigenvalue weighted by molar-refractivity contribution is 0.657. The summed E-state index contributed by atoms with van der Waals surface area (Å²) in [5, 5.41) is 12.3. The molecular formula is C132H93N9OS. The molecule has 26 aromatic rings. The Kier molecular flexibility index (Phi) is 18.5. The molecule has 0 fully saturated rings. The number of benzene rings is 18. The van der Waals surface area contributed by atoms with Gasteiger partial charge in [-0.25, -0.2) is 29.9 Å². The van der Waals surface area contributed by atoms with E-state index in [0.29, 0.717) is 0 Å². The quantitative estimate of drug-likeness (QED) is 0.142. The zero-order valence-corrected chi connectivity index (χ0v) is 81.0. The van der Waals surface area contributed by atoms with Gasteiger partial charge >= 0.3 is 0 Å². The summed E-state index contributed by atoms with van der Waals surface area (Å²) in [7, 11) is 0. The van der Waals surface area contributed by atoms with Crippen molar-refractivity contribution in [2.75, 3.05) is 0 Å². The highest BCUT2D eigenvalue weighted by atomic mass is 32.1. The van der Waals surface area contributed by atoms with Crippen LogP contribution in [0.15, 0.2) is 423 Å². The highest BCUT2D eigenvalue weighted by molar-refractivity contribution is 7.26. The number of aromatic nitrogens is 9. The van der Waals surface area contributed by atoms with E-state index >= 15 is 0 Å². The molecule has 11 heteroatoms. The van der Waals surface area contributed by atoms with E-state index in [0.717, 1.165) is 141 Å². The van der Waals surface area contributed by atoms with Gasteiger partial charge in [0, 0.05) is 164 Å². The molecule has 4 aliphatic rings. The second kappa shape index (κ2) is 31.6. The average molecular weight is 1850 g/mol. The first-order valence-electron chi connectivity index (χ1n) is 49.4. The number of thiophene rings is 1. The van der Waals surface area contributed by atoms with E-state index in [2.05, 4.69) is 451 Å². The molecule has 0 bridgehead atoms. The third kappa shape index (κ3) is 12.5. The van der Waals surface area contributed by atoms with Gasteiger partial charge in [0.15, 0.2) is 23.1 Å². The Labute approximate surface area is 830 Å². The van der Waals surface area contributed by atoms with E-state index in [-0.39, 0.29) is 21.7 Å². The molecular weight excluding hydrogens is 1760 g/mol. The van der Waals surface area contributed by atoms with E-state index in [1.165, 1.54) is 141 Å². The van der Waals surface area contributed by atoms with E-state index in [9.17, 15) is 0 Å². The Morgan fingerprint density at radius 3 is 1.05 bits per heavy atom. The molecule has 0 spiro atoms. The van der Waals surface area contributed by atoms with Crippen LogP contribution < -0.4 is 0 Å². The largest absolute Gasteiger partial charge is 0.454 e. The molecule has 10 nitrogen and oxygen atoms in total. The lowest BCUT2D eigenvalue weighted by Crippen LogP contribution is -2.17. The summed E-state index contributed by atoms with van der Waals surface area (Å²) in [5.74, 6) is 2.24. The van der Waals surface area contributed by atoms with Gasteiger partial charge in [0.25, 0.3) is 0 Å². The van der Waals surface area contributed by atoms with E-state index in [1.807, 2.05) is 47.7 Å². The van der Waals surface area contributed by atoms with Crippen molar-refractivity contribution >= 4 is 119 Å². The summed E-state index contributed by atoms with van der Waals surface area (Å²) in [6, 6.07) is 150. The summed E-state index contributed by atoms with van der Waals surface area (Å²) in [5.41, 5.74) is 40.2. The molecule has 143 heavy (non-hydrogen) atoms. The van der Waals surface area contributed by atoms with Crippen molar-refractivity contribution in [3.8, 4) is 130 Å². The highest BCUT2D eigenvalue weighted by Crippen LogP contribution is 2.59. The zero-order chi connectivity index (χ0) is 95.6. The minimum absolute atomic E-state index is 0.132. The fraction of sp³-hybridized carbons (Fsp3) is 0.0909. The minimum atomic E-state index is -0.264. The number of fused-ring (bicyclic) bond motifs is 30. The van der Waals surface area contributed by atoms with Gasteiger partial charge in [0.05, 0.1) is 72.0 Å². The molecule has 0 N–H and O–H groups in total. The van der Waals surface area contributed by atoms with Gasteiger partial charge in [-0.15, -0.1) is 11.3 Å². The summed E-state index contributed by atoms with van der Waals surface area (Å²) < 4.78 is 16.6. The fourth-order valence-corrected chi connectivity index (χ4v) is 25.8. The van der Waals surface area contributed by atoms with Crippen LogP contribution in [0.25, 0.3) is 237 Å². The normalized spacial score (nSPS) is 14.0. The van der Waals surface area contributed by atoms with Crippen molar-refractivity contribution in [1.29, 1.82) is 0 Å². The zero-order valence-electron chi connectivity index (χ0n) is 80.2. The van der Waals surface area contributed by atoms with Gasteiger partial charge in [0.1, 0.15) is 5.58 Å². The van der Waals surface area contributed by atoms with Crippen LogP contribution in [0, 0.1) is 0 Å². The van der Waals surface area contributed by atoms with E-state index < -0.39 is 0 Å². The summed E-state index contributed by atoms with van der Waals surface area (Å²) in [6.45, 7) is 18.6. The molecule has 0 amide bonds. The van der Waals surface area contributed by atoms with Crippen molar-refractivity contribution in [2.24, 2.45) is 0 Å². The van der Waals surface area contributed by atoms with Crippen LogP contribution in [-0.2, 0) is 21.7 Å². The Morgan fingerprint density at radius 1 is 0.217 bits per heavy atom. The first kappa shape index (κ1) is 83.8. The predicted molar refractivity (Wildman–Crippen MR) is 592 cm³/mol. The van der Waals surface area contributed by atoms with Gasteiger partial charge < -0.3 is 18.1 Å². The first-order valence-corrected chi connectivity index (χ1v) is 50.2. The highest BCUT2D eigenvalue weighted by Gasteiger charge is 2.45. The third-order valence-corrected chi connectivity index (χ3v) is 32.3. The van der Waals surface area contributed by atoms with E-state index in [4.69, 9.17) is 34.3 Å². The van der Waals surface area contributed by atoms with Crippen LogP contribution in [0.5, 0.6) is 0 Å². The number of rotatable bonds is 9. The van der Waals surface area contributed by atoms with Gasteiger partial charge in [0.2, 0.25) is 0 Å². The lowest BCUT2D eigenvalue weighted by atomic mass is 9.81. The Hall–Kier alpha value is -17.4. The third-order valence-electron chi connectivity index (χ3n) is 31.1. The van der Waals surface area contributed by atoms with Gasteiger partial charge in [-0.2, -0.15) is 0 Å². The monoisotopic (exact) mass is 1850 g/mol. The number of para-hydroxylation sites is 4. The molecule has 8 heterocycles. The SMILES string of the molecule is CC1(C)c2ccccc2-c2nc(-c3ccccc3)nc(-c3ccc(-n4c5ccccc5c5ccc6c(c54)C(C)(C)c4ccccc4-6)cc3)c21.CC1(C)c2ccccc2-c2nc(-c3ccccc3)nc(-c3cccc(-n4c5ccccc5c5ccc6c7ccccc7oc6c54)c3)c21.CC1(C)c2ccccc2-c2nc(-c3ccccc3)nc(-c3cccc(-n4c5ccccc5c5ccc6c7ccccc7sc6c54)c3)c21. The van der Waals surface area contributed by atoms with Crippen LogP contribution >= 0.6 is 11.3 Å². The molecule has 0 aliphatic heterocycles. The number of furan rings is 1. The molecule has 0 unspecified atom stereocenters. The molecule has 18 aromatic carbocycles. The van der Waals surface area contributed by atoms with E-state index in [1.54, 1.807) is 0 Å². The number of nitrogens with zero attached hydrogens (tertiary/aromatic N) is 9. The Morgan fingerprint density at radius 2 is 0.559 bits per heavy atom. The first-order chi connectivity index (χ1) is 70.0. The average Bonchev–Trinajstić information content (AvgIpc) is 1.59. The number of hydrogen-bond donors (Lipinski definition) is 0. The van der Waals surface area contributed by atoms with Gasteiger partial charge in [-0.3, -0.25) is 0 Å². The van der Waals surface area contributed by atoms with Crippen molar-refractivity contribution in [2.45, 2.75) is 77.0 Å². The van der Waals surface area contributed by atoms with Crippen LogP contribution in [-0.4, -0.2) is 43.6 Å². The summed E-state index contributed by atoms with van der Waals surface area (Å²) in [6.07, 6.45) is 0. The second-order valence-corrected chi connectivity index (χ2v) is 41.7. The van der Waals surface area contributed by atoms with Crippen LogP contribution in [0.4, 0.5) is 0 Å². The standard InChI is InChI=1S/C46H35N3.C43H29N3O.C43H29N3S/c1-45(2)36-19-11-8-16-31(36)33-26-27-34-32-17-10-13-21-38(32)49(43(34)39(33)45)30-24-22-28(23-25-30)41-40-42(35-18-9-12-20-37(35)46(40,3)4)48-44(47-41)29-14-6-5-7-15-29;2*1-43(2)34-20-9-6-19-33(34)39-37(43)38(44-42(45-39)26-13-4-3-5-14-26)27-15-12-16-28(25-27)46-35-21-10-7-17-29(35)31-23-24-32-30-18-8-11-22-36(30)47-41(32)40(31)46/h5-27H,1-4H3;2*3-25H,1-2H3. The maximum Gasteiger partial charge on any atom is 0.160 e. The molecule has 0 saturated carbocycles. The topological polar surface area (TPSA) is 105 Å². The van der Waals surface area contributed by atoms with Crippen molar-refractivity contribution in [1.82, 2.24) is 43.6 Å². The fourth-order valence-electron chi connectivity index (χ4n) is 24.6. The molecule has 0 atom stereocenters. The molecule has 4 aliphatic carbocycles. The van der Waals surface area contributed by atoms with Crippen LogP contribution in [0.1, 0.15) is 99.9 Å². The van der Waals surface area contributed by atoms with Crippen molar-refractivity contribution < 1.29 is 4.42 Å². The van der Waals surface area contributed by atoms with Crippen LogP contribution in [0.2, 0.25) is 0 Å². The molecule has 678 valence electrons. The Bertz CT molecular complexity index is 9480. The maximum absolute atomic E-state index is 6.62. The van der Waals surface area contributed by atoms with Gasteiger partial charge in [-0.1, -0.05) is 401 Å². The molecule has 30 rings (SSSR count). The second-order valence-electron chi connectivity index (χ2n) is 40.6.